The van der Waals surface area contributed by atoms with Crippen molar-refractivity contribution in [3.63, 3.8) is 0 Å². The maximum Gasteiger partial charge on any atom is 0.0916 e. The van der Waals surface area contributed by atoms with Crippen LogP contribution in [0, 0.1) is 0 Å². The van der Waals surface area contributed by atoms with Gasteiger partial charge in [0, 0.05) is 18.1 Å². The summed E-state index contributed by atoms with van der Waals surface area (Å²) in [5, 5.41) is 10.9. The summed E-state index contributed by atoms with van der Waals surface area (Å²) in [6, 6.07) is 17.6. The molecule has 1 N–H and O–H groups in total. The predicted molar refractivity (Wildman–Crippen MR) is 86.4 cm³/mol. The molecule has 0 spiro atoms. The van der Waals surface area contributed by atoms with E-state index in [1.165, 1.54) is 5.56 Å². The summed E-state index contributed by atoms with van der Waals surface area (Å²) >= 11 is 5.84. The number of benzene rings is 2. The Balaban J connectivity index is 0.00000200. The van der Waals surface area contributed by atoms with Crippen LogP contribution in [0.1, 0.15) is 17.2 Å². The van der Waals surface area contributed by atoms with Gasteiger partial charge in [-0.3, -0.25) is 4.90 Å². The number of likely N-dealkylation sites (N-methyl/N-ethyl adjacent to an activating group) is 1. The van der Waals surface area contributed by atoms with Crippen LogP contribution in [0.4, 0.5) is 0 Å². The van der Waals surface area contributed by atoms with Crippen LogP contribution in [-0.2, 0) is 6.54 Å². The summed E-state index contributed by atoms with van der Waals surface area (Å²) in [6.45, 7) is 1.42. The fourth-order valence-corrected chi connectivity index (χ4v) is 2.17. The molecule has 20 heavy (non-hydrogen) atoms. The van der Waals surface area contributed by atoms with Gasteiger partial charge in [0.25, 0.3) is 0 Å². The SMILES string of the molecule is CN(Cc1ccccc1)CC(O)c1ccc(Cl)cc1.Cl. The van der Waals surface area contributed by atoms with E-state index in [1.807, 2.05) is 37.4 Å². The van der Waals surface area contributed by atoms with Crippen molar-refractivity contribution in [1.82, 2.24) is 4.90 Å². The molecule has 0 saturated carbocycles. The van der Waals surface area contributed by atoms with Gasteiger partial charge >= 0.3 is 0 Å². The molecular weight excluding hydrogens is 293 g/mol. The number of hydrogen-bond donors (Lipinski definition) is 1. The maximum absolute atomic E-state index is 10.2. The third-order valence-corrected chi connectivity index (χ3v) is 3.29. The molecule has 0 aliphatic carbocycles. The van der Waals surface area contributed by atoms with E-state index in [9.17, 15) is 5.11 Å². The van der Waals surface area contributed by atoms with Gasteiger partial charge in [-0.2, -0.15) is 0 Å². The number of halogens is 2. The van der Waals surface area contributed by atoms with Gasteiger partial charge in [-0.25, -0.2) is 0 Å². The summed E-state index contributed by atoms with van der Waals surface area (Å²) in [4.78, 5) is 2.11. The largest absolute Gasteiger partial charge is 0.387 e. The van der Waals surface area contributed by atoms with E-state index >= 15 is 0 Å². The van der Waals surface area contributed by atoms with Crippen LogP contribution in [0.5, 0.6) is 0 Å². The van der Waals surface area contributed by atoms with Crippen LogP contribution in [0.15, 0.2) is 54.6 Å². The Morgan fingerprint density at radius 1 is 1.05 bits per heavy atom. The van der Waals surface area contributed by atoms with E-state index < -0.39 is 6.10 Å². The monoisotopic (exact) mass is 311 g/mol. The fraction of sp³-hybridized carbons (Fsp3) is 0.250. The Labute approximate surface area is 131 Å². The molecular formula is C16H19Cl2NO. The second-order valence-corrected chi connectivity index (χ2v) is 5.19. The molecule has 0 heterocycles. The zero-order chi connectivity index (χ0) is 13.7. The quantitative estimate of drug-likeness (QED) is 0.904. The Morgan fingerprint density at radius 3 is 2.25 bits per heavy atom. The van der Waals surface area contributed by atoms with E-state index in [2.05, 4.69) is 17.0 Å². The zero-order valence-electron chi connectivity index (χ0n) is 11.4. The second-order valence-electron chi connectivity index (χ2n) is 4.75. The van der Waals surface area contributed by atoms with E-state index in [0.717, 1.165) is 12.1 Å². The molecule has 0 radical (unpaired) electrons. The third kappa shape index (κ3) is 5.14. The minimum absolute atomic E-state index is 0. The molecule has 0 aromatic heterocycles. The molecule has 1 atom stereocenters. The molecule has 0 aliphatic rings. The lowest BCUT2D eigenvalue weighted by Gasteiger charge is -2.21. The second kappa shape index (κ2) is 8.28. The first-order valence-electron chi connectivity index (χ1n) is 6.31. The van der Waals surface area contributed by atoms with Crippen LogP contribution >= 0.6 is 24.0 Å². The summed E-state index contributed by atoms with van der Waals surface area (Å²) in [7, 11) is 2.01. The lowest BCUT2D eigenvalue weighted by atomic mass is 10.1. The van der Waals surface area contributed by atoms with Crippen molar-refractivity contribution in [3.05, 3.63) is 70.7 Å². The molecule has 1 unspecified atom stereocenters. The molecule has 2 rings (SSSR count). The standard InChI is InChI=1S/C16H18ClNO.ClH/c1-18(11-13-5-3-2-4-6-13)12-16(19)14-7-9-15(17)10-8-14;/h2-10,16,19H,11-12H2,1H3;1H. The smallest absolute Gasteiger partial charge is 0.0916 e. The van der Waals surface area contributed by atoms with Crippen molar-refractivity contribution in [2.75, 3.05) is 13.6 Å². The molecule has 2 nitrogen and oxygen atoms in total. The highest BCUT2D eigenvalue weighted by molar-refractivity contribution is 6.30. The minimum atomic E-state index is -0.494. The highest BCUT2D eigenvalue weighted by atomic mass is 35.5. The van der Waals surface area contributed by atoms with Crippen molar-refractivity contribution in [2.45, 2.75) is 12.6 Å². The van der Waals surface area contributed by atoms with Gasteiger partial charge in [-0.05, 0) is 30.3 Å². The van der Waals surface area contributed by atoms with E-state index in [0.29, 0.717) is 11.6 Å². The lowest BCUT2D eigenvalue weighted by molar-refractivity contribution is 0.124. The molecule has 108 valence electrons. The summed E-state index contributed by atoms with van der Waals surface area (Å²) in [6.07, 6.45) is -0.494. The number of aliphatic hydroxyl groups is 1. The van der Waals surface area contributed by atoms with Crippen molar-refractivity contribution in [2.24, 2.45) is 0 Å². The number of aliphatic hydroxyl groups excluding tert-OH is 1. The van der Waals surface area contributed by atoms with Gasteiger partial charge in [0.2, 0.25) is 0 Å². The summed E-state index contributed by atoms with van der Waals surface area (Å²) in [5.74, 6) is 0. The maximum atomic E-state index is 10.2. The highest BCUT2D eigenvalue weighted by Gasteiger charge is 2.10. The topological polar surface area (TPSA) is 23.5 Å². The lowest BCUT2D eigenvalue weighted by Crippen LogP contribution is -2.24. The Bertz CT molecular complexity index is 502. The first-order chi connectivity index (χ1) is 9.15. The van der Waals surface area contributed by atoms with Crippen molar-refractivity contribution < 1.29 is 5.11 Å². The van der Waals surface area contributed by atoms with Crippen LogP contribution in [0.3, 0.4) is 0 Å². The van der Waals surface area contributed by atoms with Crippen LogP contribution in [-0.4, -0.2) is 23.6 Å². The average Bonchev–Trinajstić information content (AvgIpc) is 2.40. The predicted octanol–water partition coefficient (Wildman–Crippen LogP) is 3.93. The first kappa shape index (κ1) is 17.0. The Morgan fingerprint density at radius 2 is 1.65 bits per heavy atom. The van der Waals surface area contributed by atoms with E-state index in [4.69, 9.17) is 11.6 Å². The number of hydrogen-bond acceptors (Lipinski definition) is 2. The van der Waals surface area contributed by atoms with Crippen LogP contribution in [0.2, 0.25) is 5.02 Å². The first-order valence-corrected chi connectivity index (χ1v) is 6.69. The molecule has 2 aromatic carbocycles. The normalized spacial score (nSPS) is 12.0. The molecule has 0 bridgehead atoms. The Hall–Kier alpha value is -1.06. The van der Waals surface area contributed by atoms with E-state index in [-0.39, 0.29) is 12.4 Å². The van der Waals surface area contributed by atoms with E-state index in [1.54, 1.807) is 12.1 Å². The average molecular weight is 312 g/mol. The molecule has 0 fully saturated rings. The van der Waals surface area contributed by atoms with Gasteiger partial charge in [0.05, 0.1) is 6.10 Å². The van der Waals surface area contributed by atoms with Crippen LogP contribution < -0.4 is 0 Å². The van der Waals surface area contributed by atoms with Crippen molar-refractivity contribution >= 4 is 24.0 Å². The van der Waals surface area contributed by atoms with Crippen molar-refractivity contribution in [1.29, 1.82) is 0 Å². The molecule has 0 saturated heterocycles. The third-order valence-electron chi connectivity index (χ3n) is 3.03. The summed E-state index contributed by atoms with van der Waals surface area (Å²) in [5.41, 5.74) is 2.14. The fourth-order valence-electron chi connectivity index (χ4n) is 2.05. The molecule has 4 heteroatoms. The molecule has 2 aromatic rings. The van der Waals surface area contributed by atoms with Gasteiger partial charge in [-0.15, -0.1) is 12.4 Å². The number of rotatable bonds is 5. The van der Waals surface area contributed by atoms with Gasteiger partial charge in [0.1, 0.15) is 0 Å². The minimum Gasteiger partial charge on any atom is -0.387 e. The highest BCUT2D eigenvalue weighted by Crippen LogP contribution is 2.17. The van der Waals surface area contributed by atoms with Gasteiger partial charge in [0.15, 0.2) is 0 Å². The molecule has 0 amide bonds. The summed E-state index contributed by atoms with van der Waals surface area (Å²) < 4.78 is 0. The van der Waals surface area contributed by atoms with Crippen molar-refractivity contribution in [3.8, 4) is 0 Å². The molecule has 0 aliphatic heterocycles. The van der Waals surface area contributed by atoms with Gasteiger partial charge in [-0.1, -0.05) is 54.1 Å². The van der Waals surface area contributed by atoms with Gasteiger partial charge < -0.3 is 5.11 Å². The van der Waals surface area contributed by atoms with Crippen LogP contribution in [0.25, 0.3) is 0 Å². The zero-order valence-corrected chi connectivity index (χ0v) is 12.9. The number of nitrogens with zero attached hydrogens (tertiary/aromatic N) is 1. The Kier molecular flexibility index (Phi) is 7.03.